The molecule has 0 unspecified atom stereocenters. The zero-order valence-corrected chi connectivity index (χ0v) is 44.0. The van der Waals surface area contributed by atoms with E-state index in [0.29, 0.717) is 101 Å². The lowest BCUT2D eigenvalue weighted by Gasteiger charge is -2.14. The van der Waals surface area contributed by atoms with Crippen LogP contribution in [0.3, 0.4) is 0 Å². The van der Waals surface area contributed by atoms with Crippen LogP contribution in [0.2, 0.25) is 19.6 Å². The van der Waals surface area contributed by atoms with Gasteiger partial charge in [0.05, 0.1) is 46.5 Å². The maximum Gasteiger partial charge on any atom is 0.305 e. The molecule has 0 saturated carbocycles. The highest BCUT2D eigenvalue weighted by Gasteiger charge is 2.18. The topological polar surface area (TPSA) is 192 Å². The number of esters is 1. The Bertz CT molecular complexity index is 3700. The Morgan fingerprint density at radius 3 is 1.73 bits per heavy atom. The first kappa shape index (κ1) is 58.1. The van der Waals surface area contributed by atoms with Crippen LogP contribution in [0.25, 0.3) is 55.8 Å². The highest BCUT2D eigenvalue weighted by Crippen LogP contribution is 2.28. The average molecular weight is 1070 g/mol. The van der Waals surface area contributed by atoms with Crippen LogP contribution >= 0.6 is 0 Å². The number of aliphatic carboxylic acids is 1. The molecule has 0 aliphatic rings. The quantitative estimate of drug-likeness (QED) is 0.0189. The summed E-state index contributed by atoms with van der Waals surface area (Å²) in [7, 11) is -0.174. The fourth-order valence-corrected chi connectivity index (χ4v) is 8.50. The predicted molar refractivity (Wildman–Crippen MR) is 303 cm³/mol. The highest BCUT2D eigenvalue weighted by molar-refractivity contribution is 6.83. The van der Waals surface area contributed by atoms with Crippen molar-refractivity contribution in [3.8, 4) is 45.4 Å². The Morgan fingerprint density at radius 2 is 1.21 bits per heavy atom. The standard InChI is InChI=1S/C28H22FN3O4.C25H27FN2O3Si.C7H7NO.CH4/c29-20-11-13-21(14-12-20)32-26(8-4-5-9-27(33)34)30-24-16-19(10-15-22(24)28(32)35)25-17-23(31-36-25)18-6-2-1-3-7-18;1-31-24(29)8-6-5-7-23-27-22-17-18(15-16-32(2,3)4)9-14-21(22)25(30)28(23)20-12-10-19(26)11-13-20;9-8-6-7-4-2-1-3-5-7;/h1-3,6-7,10-17H,4-5,8-9H2,(H,33,34);9-14,17H,5-8H2,1-4H3;1-6,9H;1H4/b;;8-6+;. The van der Waals surface area contributed by atoms with Gasteiger partial charge in [-0.25, -0.2) is 18.7 Å². The van der Waals surface area contributed by atoms with Gasteiger partial charge >= 0.3 is 11.9 Å². The zero-order valence-electron chi connectivity index (χ0n) is 43.0. The predicted octanol–water partition coefficient (Wildman–Crippen LogP) is 12.4. The van der Waals surface area contributed by atoms with E-state index in [0.717, 1.165) is 22.3 Å². The van der Waals surface area contributed by atoms with Gasteiger partial charge in [0.15, 0.2) is 5.76 Å². The van der Waals surface area contributed by atoms with Crippen molar-refractivity contribution in [2.45, 2.75) is 78.4 Å². The molecule has 2 N–H and O–H groups in total. The van der Waals surface area contributed by atoms with Crippen LogP contribution in [0, 0.1) is 23.1 Å². The van der Waals surface area contributed by atoms with E-state index in [4.69, 9.17) is 24.8 Å². The molecule has 9 aromatic rings. The molecule has 9 rings (SSSR count). The number of halogens is 2. The van der Waals surface area contributed by atoms with Crippen LogP contribution in [0.4, 0.5) is 8.78 Å². The number of aromatic nitrogens is 5. The molecule has 400 valence electrons. The highest BCUT2D eigenvalue weighted by atomic mass is 28.3. The Balaban J connectivity index is 0.000000216. The molecule has 0 radical (unpaired) electrons. The average Bonchev–Trinajstić information content (AvgIpc) is 4.05. The lowest BCUT2D eigenvalue weighted by Crippen LogP contribution is -2.24. The number of benzene rings is 6. The van der Waals surface area contributed by atoms with Crippen molar-refractivity contribution in [3.05, 3.63) is 207 Å². The lowest BCUT2D eigenvalue weighted by molar-refractivity contribution is -0.141. The van der Waals surface area contributed by atoms with Gasteiger partial charge in [0.1, 0.15) is 37.1 Å². The molecule has 0 spiro atoms. The van der Waals surface area contributed by atoms with Crippen LogP contribution < -0.4 is 11.1 Å². The molecule has 0 bridgehead atoms. The number of ether oxygens (including phenoxy) is 1. The number of hydrogen-bond donors (Lipinski definition) is 2. The van der Waals surface area contributed by atoms with Crippen molar-refractivity contribution in [3.63, 3.8) is 0 Å². The number of methoxy groups -OCH3 is 1. The van der Waals surface area contributed by atoms with E-state index < -0.39 is 19.9 Å². The molecule has 0 aliphatic heterocycles. The number of rotatable bonds is 15. The van der Waals surface area contributed by atoms with E-state index in [1.165, 1.54) is 58.9 Å². The number of unbranched alkanes of at least 4 members (excludes halogenated alkanes) is 2. The molecule has 0 fully saturated rings. The number of carbonyl (C=O) groups is 2. The second kappa shape index (κ2) is 27.6. The first-order valence-corrected chi connectivity index (χ1v) is 28.3. The zero-order chi connectivity index (χ0) is 54.9. The fourth-order valence-electron chi connectivity index (χ4n) is 7.98. The number of hydrogen-bond acceptors (Lipinski definition) is 11. The summed E-state index contributed by atoms with van der Waals surface area (Å²) >= 11 is 0. The molecule has 17 heteroatoms. The third-order valence-corrected chi connectivity index (χ3v) is 12.7. The van der Waals surface area contributed by atoms with Crippen molar-refractivity contribution in [2.24, 2.45) is 5.16 Å². The Morgan fingerprint density at radius 1 is 0.679 bits per heavy atom. The van der Waals surface area contributed by atoms with Crippen molar-refractivity contribution in [1.29, 1.82) is 0 Å². The number of aryl methyl sites for hydroxylation is 2. The molecule has 6 aromatic carbocycles. The summed E-state index contributed by atoms with van der Waals surface area (Å²) in [5.41, 5.74) is 9.03. The van der Waals surface area contributed by atoms with E-state index in [-0.39, 0.29) is 36.8 Å². The third kappa shape index (κ3) is 15.9. The smallest absolute Gasteiger partial charge is 0.305 e. The summed E-state index contributed by atoms with van der Waals surface area (Å²) in [4.78, 5) is 58.7. The van der Waals surface area contributed by atoms with Crippen LogP contribution in [0.15, 0.2) is 171 Å². The minimum Gasteiger partial charge on any atom is -0.481 e. The van der Waals surface area contributed by atoms with Gasteiger partial charge in [-0.1, -0.05) is 110 Å². The molecule has 0 saturated heterocycles. The Labute approximate surface area is 451 Å². The summed E-state index contributed by atoms with van der Waals surface area (Å²) in [6, 6.07) is 43.0. The van der Waals surface area contributed by atoms with Gasteiger partial charge < -0.3 is 19.6 Å². The van der Waals surface area contributed by atoms with E-state index in [9.17, 15) is 28.0 Å². The van der Waals surface area contributed by atoms with Crippen molar-refractivity contribution in [1.82, 2.24) is 24.3 Å². The molecule has 0 atom stereocenters. The minimum atomic E-state index is -1.54. The molecular formula is C61H60F2N6O8Si. The van der Waals surface area contributed by atoms with Gasteiger partial charge in [-0.15, -0.1) is 5.54 Å². The van der Waals surface area contributed by atoms with Crippen LogP contribution in [0.5, 0.6) is 0 Å². The van der Waals surface area contributed by atoms with Gasteiger partial charge in [-0.05, 0) is 110 Å². The largest absolute Gasteiger partial charge is 0.481 e. The molecular weight excluding hydrogens is 1010 g/mol. The van der Waals surface area contributed by atoms with Gasteiger partial charge in [-0.3, -0.25) is 28.3 Å². The SMILES string of the molecule is C.COC(=O)CCCCc1nc2cc(C#C[Si](C)(C)C)ccc2c(=O)n1-c1ccc(F)cc1.O/N=C/c1ccccc1.O=C(O)CCCCc1nc2cc(-c3cc(-c4ccccc4)no3)ccc2c(=O)n1-c1ccc(F)cc1. The van der Waals surface area contributed by atoms with E-state index in [2.05, 4.69) is 46.2 Å². The summed E-state index contributed by atoms with van der Waals surface area (Å²) < 4.78 is 40.2. The third-order valence-electron chi connectivity index (χ3n) is 11.8. The van der Waals surface area contributed by atoms with Gasteiger partial charge in [0.2, 0.25) is 0 Å². The summed E-state index contributed by atoms with van der Waals surface area (Å²) in [6.07, 6.45) is 4.87. The maximum atomic E-state index is 13.5. The second-order valence-electron chi connectivity index (χ2n) is 18.7. The van der Waals surface area contributed by atoms with E-state index in [1.54, 1.807) is 36.4 Å². The van der Waals surface area contributed by atoms with E-state index >= 15 is 0 Å². The van der Waals surface area contributed by atoms with Crippen LogP contribution in [-0.4, -0.2) is 67.9 Å². The number of carboxylic acid groups (broad SMARTS) is 1. The number of fused-ring (bicyclic) bond motifs is 2. The first-order valence-electron chi connectivity index (χ1n) is 24.8. The van der Waals surface area contributed by atoms with Crippen LogP contribution in [0.1, 0.15) is 68.7 Å². The van der Waals surface area contributed by atoms with Crippen LogP contribution in [-0.2, 0) is 27.2 Å². The maximum absolute atomic E-state index is 13.5. The molecule has 14 nitrogen and oxygen atoms in total. The van der Waals surface area contributed by atoms with Crippen molar-refractivity contribution >= 4 is 48.0 Å². The molecule has 3 aromatic heterocycles. The summed E-state index contributed by atoms with van der Waals surface area (Å²) in [6.45, 7) is 6.52. The normalized spacial score (nSPS) is 10.9. The summed E-state index contributed by atoms with van der Waals surface area (Å²) in [5, 5.41) is 25.0. The van der Waals surface area contributed by atoms with Crippen molar-refractivity contribution < 1.29 is 37.9 Å². The number of nitrogens with zero attached hydrogens (tertiary/aromatic N) is 6. The minimum absolute atomic E-state index is 0. The van der Waals surface area contributed by atoms with Gasteiger partial charge in [0.25, 0.3) is 11.1 Å². The molecule has 78 heavy (non-hydrogen) atoms. The first-order chi connectivity index (χ1) is 37.1. The monoisotopic (exact) mass is 1070 g/mol. The summed E-state index contributed by atoms with van der Waals surface area (Å²) in [5.74, 6) is 2.88. The van der Waals surface area contributed by atoms with Crippen molar-refractivity contribution in [2.75, 3.05) is 7.11 Å². The fraction of sp³-hybridized carbons (Fsp3) is 0.213. The second-order valence-corrected chi connectivity index (χ2v) is 23.5. The number of carbonyl (C=O) groups excluding carboxylic acids is 1. The molecule has 0 amide bonds. The Kier molecular flexibility index (Phi) is 20.6. The molecule has 0 aliphatic carbocycles. The Hall–Kier alpha value is -9.14. The number of carboxylic acids is 1. The molecule has 3 heterocycles. The van der Waals surface area contributed by atoms with E-state index in [1.807, 2.05) is 78.9 Å². The number of oxime groups is 1. The van der Waals surface area contributed by atoms with Gasteiger partial charge in [-0.2, -0.15) is 0 Å². The lowest BCUT2D eigenvalue weighted by atomic mass is 10.1. The van der Waals surface area contributed by atoms with Gasteiger partial charge in [0, 0.05) is 48.4 Å².